The molecular formula is C32H31N7O4. The van der Waals surface area contributed by atoms with Crippen LogP contribution >= 0.6 is 0 Å². The van der Waals surface area contributed by atoms with E-state index < -0.39 is 11.9 Å². The molecule has 5 N–H and O–H groups in total. The topological polar surface area (TPSA) is 157 Å². The van der Waals surface area contributed by atoms with Crippen molar-refractivity contribution in [3.8, 4) is 17.5 Å². The van der Waals surface area contributed by atoms with E-state index in [4.69, 9.17) is 10.8 Å². The van der Waals surface area contributed by atoms with Crippen molar-refractivity contribution >= 4 is 34.1 Å². The molecule has 0 saturated heterocycles. The summed E-state index contributed by atoms with van der Waals surface area (Å²) < 4.78 is 3.18. The number of carbonyl (C=O) groups excluding carboxylic acids is 2. The summed E-state index contributed by atoms with van der Waals surface area (Å²) >= 11 is 0. The van der Waals surface area contributed by atoms with Crippen molar-refractivity contribution in [1.29, 1.82) is 0 Å². The maximum absolute atomic E-state index is 14.2. The maximum atomic E-state index is 14.2. The van der Waals surface area contributed by atoms with Gasteiger partial charge in [-0.2, -0.15) is 0 Å². The van der Waals surface area contributed by atoms with E-state index in [0.29, 0.717) is 52.6 Å². The third kappa shape index (κ3) is 6.24. The Kier molecular flexibility index (Phi) is 8.79. The van der Waals surface area contributed by atoms with Gasteiger partial charge in [0.1, 0.15) is 17.7 Å². The number of carbonyl (C=O) groups is 2. The van der Waals surface area contributed by atoms with Crippen LogP contribution in [0, 0.1) is 11.8 Å². The van der Waals surface area contributed by atoms with E-state index in [0.717, 1.165) is 0 Å². The van der Waals surface area contributed by atoms with Crippen LogP contribution < -0.4 is 21.9 Å². The highest BCUT2D eigenvalue weighted by atomic mass is 16.3. The van der Waals surface area contributed by atoms with Crippen LogP contribution in [0.5, 0.6) is 0 Å². The third-order valence-electron chi connectivity index (χ3n) is 6.99. The molecule has 2 amide bonds. The van der Waals surface area contributed by atoms with Crippen molar-refractivity contribution in [2.45, 2.75) is 32.2 Å². The fraction of sp³-hybridized carbons (Fsp3) is 0.219. The molecule has 11 heteroatoms. The van der Waals surface area contributed by atoms with E-state index >= 15 is 0 Å². The van der Waals surface area contributed by atoms with Gasteiger partial charge in [0, 0.05) is 42.4 Å². The Morgan fingerprint density at radius 3 is 2.70 bits per heavy atom. The Morgan fingerprint density at radius 1 is 1.09 bits per heavy atom. The second-order valence-electron chi connectivity index (χ2n) is 9.93. The van der Waals surface area contributed by atoms with E-state index in [2.05, 4.69) is 32.4 Å². The van der Waals surface area contributed by atoms with Crippen LogP contribution in [-0.4, -0.2) is 49.0 Å². The number of pyridine rings is 1. The number of aliphatic hydroxyl groups is 1. The number of benzene rings is 2. The SMILES string of the molecule is CC(NC(=O)c1c(N)ncn2ccnc12)c1cc2cccc(C#CCNC(=O)CCCCO)c2c(=O)n1-c1ccccc1. The number of amides is 2. The van der Waals surface area contributed by atoms with Crippen molar-refractivity contribution in [2.75, 3.05) is 18.9 Å². The lowest BCUT2D eigenvalue weighted by atomic mass is 10.0. The molecular weight excluding hydrogens is 546 g/mol. The lowest BCUT2D eigenvalue weighted by molar-refractivity contribution is -0.120. The molecule has 0 aliphatic heterocycles. The van der Waals surface area contributed by atoms with Crippen molar-refractivity contribution in [3.05, 3.63) is 100 Å². The number of aliphatic hydroxyl groups excluding tert-OH is 1. The standard InChI is InChI=1S/C32H31N7O4/c1-21(37-31(42)28-29(33)36-20-38-17-16-35-30(28)38)25-19-23-10-7-9-22(11-8-15-34-26(41)14-5-6-18-40)27(23)32(43)39(25)24-12-3-2-4-13-24/h2-4,7,9-10,12-13,16-17,19-21,40H,5-6,14-15,18,33H2,1H3,(H,34,41)(H,37,42). The number of fused-ring (bicyclic) bond motifs is 2. The van der Waals surface area contributed by atoms with Crippen LogP contribution in [0.25, 0.3) is 22.1 Å². The number of anilines is 1. The molecule has 0 fully saturated rings. The molecule has 0 spiro atoms. The molecule has 43 heavy (non-hydrogen) atoms. The van der Waals surface area contributed by atoms with Crippen LogP contribution in [0.1, 0.15) is 53.8 Å². The monoisotopic (exact) mass is 577 g/mol. The predicted octanol–water partition coefficient (Wildman–Crippen LogP) is 2.74. The summed E-state index contributed by atoms with van der Waals surface area (Å²) in [4.78, 5) is 47.9. The van der Waals surface area contributed by atoms with Crippen molar-refractivity contribution in [1.82, 2.24) is 29.6 Å². The van der Waals surface area contributed by atoms with Gasteiger partial charge in [-0.3, -0.25) is 23.4 Å². The van der Waals surface area contributed by atoms with Gasteiger partial charge in [0.05, 0.1) is 18.0 Å². The number of nitrogen functional groups attached to an aromatic ring is 1. The predicted molar refractivity (Wildman–Crippen MR) is 164 cm³/mol. The Labute approximate surface area is 247 Å². The highest BCUT2D eigenvalue weighted by Gasteiger charge is 2.23. The zero-order valence-corrected chi connectivity index (χ0v) is 23.6. The number of nitrogens with two attached hydrogens (primary N) is 1. The summed E-state index contributed by atoms with van der Waals surface area (Å²) in [5, 5.41) is 15.7. The van der Waals surface area contributed by atoms with Crippen molar-refractivity contribution in [2.24, 2.45) is 0 Å². The molecule has 1 atom stereocenters. The summed E-state index contributed by atoms with van der Waals surface area (Å²) in [7, 11) is 0. The minimum atomic E-state index is -0.616. The highest BCUT2D eigenvalue weighted by Crippen LogP contribution is 2.24. The molecule has 3 heterocycles. The average molecular weight is 578 g/mol. The van der Waals surface area contributed by atoms with Crippen LogP contribution in [-0.2, 0) is 4.79 Å². The van der Waals surface area contributed by atoms with E-state index in [1.807, 2.05) is 48.5 Å². The third-order valence-corrected chi connectivity index (χ3v) is 6.99. The summed E-state index contributed by atoms with van der Waals surface area (Å²) in [5.41, 5.74) is 7.99. The fourth-order valence-corrected chi connectivity index (χ4v) is 4.88. The summed E-state index contributed by atoms with van der Waals surface area (Å²) in [5.74, 6) is 5.40. The lowest BCUT2D eigenvalue weighted by Crippen LogP contribution is -2.33. The number of nitrogens with zero attached hydrogens (tertiary/aromatic N) is 4. The molecule has 0 radical (unpaired) electrons. The van der Waals surface area contributed by atoms with E-state index in [1.54, 1.807) is 34.4 Å². The molecule has 0 aliphatic rings. The molecule has 2 aromatic carbocycles. The van der Waals surface area contributed by atoms with Crippen molar-refractivity contribution < 1.29 is 14.7 Å². The van der Waals surface area contributed by atoms with Crippen LogP contribution in [0.3, 0.4) is 0 Å². The first kappa shape index (κ1) is 29.0. The van der Waals surface area contributed by atoms with Gasteiger partial charge in [-0.15, -0.1) is 0 Å². The van der Waals surface area contributed by atoms with Gasteiger partial charge in [-0.1, -0.05) is 42.2 Å². The number of hydrogen-bond donors (Lipinski definition) is 4. The molecule has 5 rings (SSSR count). The minimum absolute atomic E-state index is 0.0481. The van der Waals surface area contributed by atoms with Gasteiger partial charge in [0.2, 0.25) is 5.91 Å². The first-order valence-corrected chi connectivity index (χ1v) is 13.9. The molecule has 11 nitrogen and oxygen atoms in total. The van der Waals surface area contributed by atoms with Gasteiger partial charge in [-0.25, -0.2) is 9.97 Å². The van der Waals surface area contributed by atoms with Gasteiger partial charge in [0.15, 0.2) is 5.65 Å². The molecule has 0 aliphatic carbocycles. The van der Waals surface area contributed by atoms with Gasteiger partial charge < -0.3 is 21.5 Å². The van der Waals surface area contributed by atoms with Crippen LogP contribution in [0.15, 0.2) is 78.1 Å². The number of nitrogens with one attached hydrogen (secondary N) is 2. The number of imidazole rings is 1. The normalized spacial score (nSPS) is 11.6. The number of unbranched alkanes of at least 4 members (excludes halogenated alkanes) is 1. The zero-order chi connectivity index (χ0) is 30.3. The number of para-hydroxylation sites is 1. The number of aromatic nitrogens is 4. The van der Waals surface area contributed by atoms with Gasteiger partial charge >= 0.3 is 0 Å². The molecule has 1 unspecified atom stereocenters. The Balaban J connectivity index is 1.51. The number of rotatable bonds is 9. The maximum Gasteiger partial charge on any atom is 0.264 e. The van der Waals surface area contributed by atoms with E-state index in [1.165, 1.54) is 6.33 Å². The first-order valence-electron chi connectivity index (χ1n) is 13.9. The average Bonchev–Trinajstić information content (AvgIpc) is 3.48. The number of hydrogen-bond acceptors (Lipinski definition) is 7. The second kappa shape index (κ2) is 13.0. The second-order valence-corrected chi connectivity index (χ2v) is 9.93. The summed E-state index contributed by atoms with van der Waals surface area (Å²) in [6.45, 7) is 1.97. The Bertz CT molecular complexity index is 1920. The summed E-state index contributed by atoms with van der Waals surface area (Å²) in [6, 6.07) is 15.8. The Hall–Kier alpha value is -5.47. The van der Waals surface area contributed by atoms with Gasteiger partial charge in [0.25, 0.3) is 11.5 Å². The van der Waals surface area contributed by atoms with E-state index in [9.17, 15) is 14.4 Å². The lowest BCUT2D eigenvalue weighted by Gasteiger charge is -2.21. The highest BCUT2D eigenvalue weighted by molar-refractivity contribution is 6.04. The minimum Gasteiger partial charge on any atom is -0.396 e. The van der Waals surface area contributed by atoms with Crippen molar-refractivity contribution in [3.63, 3.8) is 0 Å². The Morgan fingerprint density at radius 2 is 1.91 bits per heavy atom. The van der Waals surface area contributed by atoms with E-state index in [-0.39, 0.29) is 36.0 Å². The summed E-state index contributed by atoms with van der Waals surface area (Å²) in [6.07, 6.45) is 6.20. The molecule has 3 aromatic heterocycles. The first-order chi connectivity index (χ1) is 20.9. The van der Waals surface area contributed by atoms with Crippen LogP contribution in [0.2, 0.25) is 0 Å². The molecule has 218 valence electrons. The molecule has 5 aromatic rings. The smallest absolute Gasteiger partial charge is 0.264 e. The zero-order valence-electron chi connectivity index (χ0n) is 23.6. The quantitative estimate of drug-likeness (QED) is 0.155. The molecule has 0 saturated carbocycles. The largest absolute Gasteiger partial charge is 0.396 e. The van der Waals surface area contributed by atoms with Crippen LogP contribution in [0.4, 0.5) is 5.82 Å². The van der Waals surface area contributed by atoms with Gasteiger partial charge in [-0.05, 0) is 49.4 Å². The fourth-order valence-electron chi connectivity index (χ4n) is 4.88. The molecule has 0 bridgehead atoms.